The highest BCUT2D eigenvalue weighted by Gasteiger charge is 2.03. The SMILES string of the molecule is Cn1c(Cl)cnc1CNCc1ccc(O)cc1. The molecule has 90 valence electrons. The number of halogens is 1. The van der Waals surface area contributed by atoms with Gasteiger partial charge >= 0.3 is 0 Å². The van der Waals surface area contributed by atoms with Gasteiger partial charge in [0, 0.05) is 13.6 Å². The first kappa shape index (κ1) is 12.0. The third-order valence-electron chi connectivity index (χ3n) is 2.58. The number of hydrogen-bond acceptors (Lipinski definition) is 3. The summed E-state index contributed by atoms with van der Waals surface area (Å²) in [6.07, 6.45) is 1.64. The highest BCUT2D eigenvalue weighted by Crippen LogP contribution is 2.10. The van der Waals surface area contributed by atoms with E-state index in [1.807, 2.05) is 23.7 Å². The van der Waals surface area contributed by atoms with Crippen LogP contribution in [0.2, 0.25) is 5.15 Å². The van der Waals surface area contributed by atoms with E-state index in [0.717, 1.165) is 17.9 Å². The number of phenolic OH excluding ortho intramolecular Hbond substituents is 1. The van der Waals surface area contributed by atoms with E-state index in [1.54, 1.807) is 18.3 Å². The topological polar surface area (TPSA) is 50.1 Å². The molecule has 0 unspecified atom stereocenters. The molecule has 0 radical (unpaired) electrons. The molecule has 0 atom stereocenters. The van der Waals surface area contributed by atoms with Crippen molar-refractivity contribution in [2.75, 3.05) is 0 Å². The predicted molar refractivity (Wildman–Crippen MR) is 66.9 cm³/mol. The Morgan fingerprint density at radius 2 is 2.00 bits per heavy atom. The maximum absolute atomic E-state index is 9.15. The zero-order valence-corrected chi connectivity index (χ0v) is 10.3. The number of aromatic nitrogens is 2. The molecule has 2 aromatic rings. The molecule has 0 aliphatic rings. The van der Waals surface area contributed by atoms with Crippen molar-refractivity contribution < 1.29 is 5.11 Å². The molecule has 0 fully saturated rings. The summed E-state index contributed by atoms with van der Waals surface area (Å²) in [5, 5.41) is 13.0. The number of aromatic hydroxyl groups is 1. The molecular weight excluding hydrogens is 238 g/mol. The number of phenols is 1. The Morgan fingerprint density at radius 1 is 1.29 bits per heavy atom. The van der Waals surface area contributed by atoms with Gasteiger partial charge in [0.25, 0.3) is 0 Å². The van der Waals surface area contributed by atoms with Gasteiger partial charge in [0.15, 0.2) is 0 Å². The Labute approximate surface area is 105 Å². The smallest absolute Gasteiger partial charge is 0.128 e. The van der Waals surface area contributed by atoms with Crippen LogP contribution in [0.15, 0.2) is 30.5 Å². The maximum atomic E-state index is 9.15. The van der Waals surface area contributed by atoms with E-state index >= 15 is 0 Å². The quantitative estimate of drug-likeness (QED) is 0.875. The van der Waals surface area contributed by atoms with E-state index in [4.69, 9.17) is 16.7 Å². The number of benzene rings is 1. The molecule has 2 N–H and O–H groups in total. The van der Waals surface area contributed by atoms with Gasteiger partial charge in [-0.15, -0.1) is 0 Å². The van der Waals surface area contributed by atoms with Crippen molar-refractivity contribution in [3.63, 3.8) is 0 Å². The van der Waals surface area contributed by atoms with Crippen molar-refractivity contribution in [1.29, 1.82) is 0 Å². The van der Waals surface area contributed by atoms with Gasteiger partial charge in [-0.25, -0.2) is 4.98 Å². The summed E-state index contributed by atoms with van der Waals surface area (Å²) in [6, 6.07) is 7.12. The lowest BCUT2D eigenvalue weighted by Crippen LogP contribution is -2.15. The van der Waals surface area contributed by atoms with Crippen LogP contribution in [0.5, 0.6) is 5.75 Å². The molecule has 0 saturated heterocycles. The number of rotatable bonds is 4. The van der Waals surface area contributed by atoms with Crippen LogP contribution in [-0.2, 0) is 20.1 Å². The standard InChI is InChI=1S/C12H14ClN3O/c1-16-11(13)7-15-12(16)8-14-6-9-2-4-10(17)5-3-9/h2-5,7,14,17H,6,8H2,1H3. The van der Waals surface area contributed by atoms with Gasteiger partial charge in [-0.3, -0.25) is 0 Å². The molecule has 1 aromatic heterocycles. The first-order valence-corrected chi connectivity index (χ1v) is 5.69. The zero-order valence-electron chi connectivity index (χ0n) is 9.52. The minimum absolute atomic E-state index is 0.282. The van der Waals surface area contributed by atoms with Crippen molar-refractivity contribution in [2.45, 2.75) is 13.1 Å². The number of nitrogens with zero attached hydrogens (tertiary/aromatic N) is 2. The average molecular weight is 252 g/mol. The lowest BCUT2D eigenvalue weighted by Gasteiger charge is -2.05. The molecule has 0 aliphatic heterocycles. The van der Waals surface area contributed by atoms with Crippen LogP contribution in [0, 0.1) is 0 Å². The molecule has 0 saturated carbocycles. The van der Waals surface area contributed by atoms with Gasteiger partial charge in [-0.05, 0) is 17.7 Å². The second-order valence-electron chi connectivity index (χ2n) is 3.83. The Morgan fingerprint density at radius 3 is 2.59 bits per heavy atom. The molecule has 0 bridgehead atoms. The average Bonchev–Trinajstić information content (AvgIpc) is 2.64. The molecule has 1 aromatic carbocycles. The summed E-state index contributed by atoms with van der Waals surface area (Å²) < 4.78 is 1.84. The van der Waals surface area contributed by atoms with Gasteiger partial charge in [-0.1, -0.05) is 23.7 Å². The summed E-state index contributed by atoms with van der Waals surface area (Å²) >= 11 is 5.89. The third-order valence-corrected chi connectivity index (χ3v) is 2.93. The highest BCUT2D eigenvalue weighted by molar-refractivity contribution is 6.29. The highest BCUT2D eigenvalue weighted by atomic mass is 35.5. The fraction of sp³-hybridized carbons (Fsp3) is 0.250. The van der Waals surface area contributed by atoms with Crippen LogP contribution in [0.4, 0.5) is 0 Å². The van der Waals surface area contributed by atoms with Gasteiger partial charge < -0.3 is 15.0 Å². The van der Waals surface area contributed by atoms with Crippen LogP contribution in [0.3, 0.4) is 0 Å². The van der Waals surface area contributed by atoms with E-state index in [0.29, 0.717) is 11.7 Å². The van der Waals surface area contributed by atoms with E-state index in [1.165, 1.54) is 0 Å². The molecule has 0 aliphatic carbocycles. The number of imidazole rings is 1. The van der Waals surface area contributed by atoms with E-state index in [9.17, 15) is 0 Å². The van der Waals surface area contributed by atoms with Crippen molar-refractivity contribution in [3.8, 4) is 5.75 Å². The first-order valence-electron chi connectivity index (χ1n) is 5.31. The Balaban J connectivity index is 1.87. The van der Waals surface area contributed by atoms with Crippen molar-refractivity contribution >= 4 is 11.6 Å². The fourth-order valence-electron chi connectivity index (χ4n) is 1.52. The van der Waals surface area contributed by atoms with Crippen molar-refractivity contribution in [2.24, 2.45) is 7.05 Å². The molecule has 5 heteroatoms. The van der Waals surface area contributed by atoms with Gasteiger partial charge in [0.2, 0.25) is 0 Å². The maximum Gasteiger partial charge on any atom is 0.128 e. The fourth-order valence-corrected chi connectivity index (χ4v) is 1.67. The first-order chi connectivity index (χ1) is 8.16. The van der Waals surface area contributed by atoms with Gasteiger partial charge in [-0.2, -0.15) is 0 Å². The van der Waals surface area contributed by atoms with Crippen LogP contribution in [-0.4, -0.2) is 14.7 Å². The van der Waals surface area contributed by atoms with E-state index in [-0.39, 0.29) is 5.75 Å². The lowest BCUT2D eigenvalue weighted by molar-refractivity contribution is 0.475. The molecule has 4 nitrogen and oxygen atoms in total. The molecule has 2 rings (SSSR count). The van der Waals surface area contributed by atoms with Crippen LogP contribution < -0.4 is 5.32 Å². The largest absolute Gasteiger partial charge is 0.508 e. The zero-order chi connectivity index (χ0) is 12.3. The normalized spacial score (nSPS) is 10.7. The second kappa shape index (κ2) is 5.21. The third kappa shape index (κ3) is 2.99. The predicted octanol–water partition coefficient (Wildman–Crippen LogP) is 2.07. The Kier molecular flexibility index (Phi) is 3.66. The molecular formula is C12H14ClN3O. The molecule has 0 spiro atoms. The number of nitrogens with one attached hydrogen (secondary N) is 1. The van der Waals surface area contributed by atoms with Crippen molar-refractivity contribution in [1.82, 2.24) is 14.9 Å². The lowest BCUT2D eigenvalue weighted by atomic mass is 10.2. The van der Waals surface area contributed by atoms with Crippen LogP contribution in [0.25, 0.3) is 0 Å². The van der Waals surface area contributed by atoms with Crippen molar-refractivity contribution in [3.05, 3.63) is 47.0 Å². The van der Waals surface area contributed by atoms with Crippen LogP contribution in [0.1, 0.15) is 11.4 Å². The minimum atomic E-state index is 0.282. The Bertz CT molecular complexity index is 493. The molecule has 1 heterocycles. The Hall–Kier alpha value is -1.52. The summed E-state index contributed by atoms with van der Waals surface area (Å²) in [4.78, 5) is 4.19. The summed E-state index contributed by atoms with van der Waals surface area (Å²) in [6.45, 7) is 1.38. The summed E-state index contributed by atoms with van der Waals surface area (Å²) in [7, 11) is 1.88. The van der Waals surface area contributed by atoms with Gasteiger partial charge in [0.1, 0.15) is 16.7 Å². The second-order valence-corrected chi connectivity index (χ2v) is 4.21. The minimum Gasteiger partial charge on any atom is -0.508 e. The summed E-state index contributed by atoms with van der Waals surface area (Å²) in [5.74, 6) is 1.18. The van der Waals surface area contributed by atoms with Crippen LogP contribution >= 0.6 is 11.6 Å². The van der Waals surface area contributed by atoms with Gasteiger partial charge in [0.05, 0.1) is 12.7 Å². The van der Waals surface area contributed by atoms with E-state index in [2.05, 4.69) is 10.3 Å². The molecule has 17 heavy (non-hydrogen) atoms. The monoisotopic (exact) mass is 251 g/mol. The summed E-state index contributed by atoms with van der Waals surface area (Å²) in [5.41, 5.74) is 1.11. The number of hydrogen-bond donors (Lipinski definition) is 2. The van der Waals surface area contributed by atoms with E-state index < -0.39 is 0 Å². The molecule has 0 amide bonds.